The van der Waals surface area contributed by atoms with E-state index in [0.29, 0.717) is 16.3 Å². The predicted molar refractivity (Wildman–Crippen MR) is 163 cm³/mol. The molecule has 7 nitrogen and oxygen atoms in total. The fourth-order valence-corrected chi connectivity index (χ4v) is 6.84. The van der Waals surface area contributed by atoms with Gasteiger partial charge in [0.15, 0.2) is 0 Å². The first-order valence-corrected chi connectivity index (χ1v) is 15.8. The first kappa shape index (κ1) is 30.6. The molecule has 0 aromatic heterocycles. The predicted octanol–water partition coefficient (Wildman–Crippen LogP) is 5.94. The van der Waals surface area contributed by atoms with Gasteiger partial charge in [0.2, 0.25) is 11.8 Å². The van der Waals surface area contributed by atoms with E-state index in [4.69, 9.17) is 11.6 Å². The van der Waals surface area contributed by atoms with E-state index in [2.05, 4.69) is 5.32 Å². The van der Waals surface area contributed by atoms with Gasteiger partial charge < -0.3 is 10.2 Å². The van der Waals surface area contributed by atoms with Gasteiger partial charge in [0, 0.05) is 17.6 Å². The molecule has 1 fully saturated rings. The molecule has 41 heavy (non-hydrogen) atoms. The van der Waals surface area contributed by atoms with Crippen LogP contribution in [0.25, 0.3) is 0 Å². The summed E-state index contributed by atoms with van der Waals surface area (Å²) in [6, 6.07) is 18.4. The van der Waals surface area contributed by atoms with Crippen molar-refractivity contribution in [2.45, 2.75) is 76.9 Å². The number of carbonyl (C=O) groups is 2. The summed E-state index contributed by atoms with van der Waals surface area (Å²) in [4.78, 5) is 29.0. The van der Waals surface area contributed by atoms with Gasteiger partial charge in [-0.2, -0.15) is 0 Å². The van der Waals surface area contributed by atoms with Crippen molar-refractivity contribution in [3.8, 4) is 0 Å². The van der Waals surface area contributed by atoms with Crippen LogP contribution in [-0.2, 0) is 26.2 Å². The SMILES string of the molecule is Cc1ccc(S(=O)(=O)N(CC(=O)N(Cc2ccccc2Cl)[C@@H](C)C(=O)NC2CCCC2)c2cc(C)cc(C)c2)cc1. The third kappa shape index (κ3) is 7.49. The lowest BCUT2D eigenvalue weighted by Crippen LogP contribution is -2.52. The van der Waals surface area contributed by atoms with E-state index < -0.39 is 28.5 Å². The largest absolute Gasteiger partial charge is 0.352 e. The molecular formula is C32H38ClN3O4S. The Balaban J connectivity index is 1.72. The lowest BCUT2D eigenvalue weighted by Gasteiger charge is -2.33. The molecule has 4 rings (SSSR count). The van der Waals surface area contributed by atoms with Crippen LogP contribution in [0.2, 0.25) is 5.02 Å². The zero-order chi connectivity index (χ0) is 29.7. The van der Waals surface area contributed by atoms with Crippen molar-refractivity contribution in [2.24, 2.45) is 0 Å². The van der Waals surface area contributed by atoms with Crippen molar-refractivity contribution in [3.05, 3.63) is 94.0 Å². The number of halogens is 1. The fourth-order valence-electron chi connectivity index (χ4n) is 5.25. The van der Waals surface area contributed by atoms with Crippen LogP contribution >= 0.6 is 11.6 Å². The van der Waals surface area contributed by atoms with E-state index >= 15 is 0 Å². The van der Waals surface area contributed by atoms with Crippen LogP contribution in [0.15, 0.2) is 71.6 Å². The number of aryl methyl sites for hydroxylation is 3. The monoisotopic (exact) mass is 595 g/mol. The molecule has 0 aliphatic heterocycles. The molecule has 1 aliphatic rings. The van der Waals surface area contributed by atoms with Gasteiger partial charge in [-0.1, -0.05) is 66.4 Å². The molecule has 1 aliphatic carbocycles. The maximum absolute atomic E-state index is 14.1. The molecule has 218 valence electrons. The topological polar surface area (TPSA) is 86.8 Å². The van der Waals surface area contributed by atoms with Crippen LogP contribution in [0, 0.1) is 20.8 Å². The number of hydrogen-bond donors (Lipinski definition) is 1. The highest BCUT2D eigenvalue weighted by atomic mass is 35.5. The molecule has 3 aromatic carbocycles. The second-order valence-electron chi connectivity index (χ2n) is 10.9. The Kier molecular flexibility index (Phi) is 9.76. The summed E-state index contributed by atoms with van der Waals surface area (Å²) in [5.74, 6) is -0.773. The molecule has 0 unspecified atom stereocenters. The number of benzene rings is 3. The molecule has 3 aromatic rings. The van der Waals surface area contributed by atoms with Crippen molar-refractivity contribution in [1.29, 1.82) is 0 Å². The summed E-state index contributed by atoms with van der Waals surface area (Å²) in [6.45, 7) is 6.90. The Bertz CT molecular complexity index is 1480. The molecule has 9 heteroatoms. The van der Waals surface area contributed by atoms with E-state index in [1.165, 1.54) is 4.90 Å². The lowest BCUT2D eigenvalue weighted by atomic mass is 10.1. The van der Waals surface area contributed by atoms with Gasteiger partial charge in [-0.3, -0.25) is 13.9 Å². The molecule has 2 amide bonds. The second-order valence-corrected chi connectivity index (χ2v) is 13.2. The van der Waals surface area contributed by atoms with Crippen molar-refractivity contribution >= 4 is 39.1 Å². The van der Waals surface area contributed by atoms with Gasteiger partial charge in [-0.25, -0.2) is 8.42 Å². The number of amides is 2. The fraction of sp³-hybridized carbons (Fsp3) is 0.375. The van der Waals surface area contributed by atoms with Crippen LogP contribution in [-0.4, -0.2) is 43.8 Å². The Labute approximate surface area is 248 Å². The molecule has 1 N–H and O–H groups in total. The average Bonchev–Trinajstić information content (AvgIpc) is 3.43. The van der Waals surface area contributed by atoms with Crippen LogP contribution < -0.4 is 9.62 Å². The standard InChI is InChI=1S/C32H38ClN3O4S/c1-22-13-15-29(16-14-22)41(39,40)36(28-18-23(2)17-24(3)19-28)21-31(37)35(20-26-9-5-8-12-30(26)33)25(4)32(38)34-27-10-6-7-11-27/h5,8-9,12-19,25,27H,6-7,10-11,20-21H2,1-4H3,(H,34,38)/t25-/m0/s1. The minimum atomic E-state index is -4.12. The third-order valence-electron chi connectivity index (χ3n) is 7.55. The van der Waals surface area contributed by atoms with E-state index in [-0.39, 0.29) is 23.4 Å². The highest BCUT2D eigenvalue weighted by molar-refractivity contribution is 7.92. The zero-order valence-corrected chi connectivity index (χ0v) is 25.6. The molecule has 0 saturated heterocycles. The quantitative estimate of drug-likeness (QED) is 0.314. The van der Waals surface area contributed by atoms with Gasteiger partial charge in [-0.15, -0.1) is 0 Å². The van der Waals surface area contributed by atoms with Crippen LogP contribution in [0.5, 0.6) is 0 Å². The molecule has 0 spiro atoms. The molecular weight excluding hydrogens is 558 g/mol. The van der Waals surface area contributed by atoms with Crippen molar-refractivity contribution in [2.75, 3.05) is 10.8 Å². The number of hydrogen-bond acceptors (Lipinski definition) is 4. The van der Waals surface area contributed by atoms with E-state index in [9.17, 15) is 18.0 Å². The summed E-state index contributed by atoms with van der Waals surface area (Å²) in [7, 11) is -4.12. The number of carbonyl (C=O) groups excluding carboxylic acids is 2. The minimum absolute atomic E-state index is 0.0586. The Morgan fingerprint density at radius 2 is 1.54 bits per heavy atom. The highest BCUT2D eigenvalue weighted by Gasteiger charge is 2.33. The summed E-state index contributed by atoms with van der Waals surface area (Å²) in [5, 5.41) is 3.54. The summed E-state index contributed by atoms with van der Waals surface area (Å²) in [6.07, 6.45) is 3.94. The summed E-state index contributed by atoms with van der Waals surface area (Å²) < 4.78 is 29.2. The number of anilines is 1. The van der Waals surface area contributed by atoms with Crippen molar-refractivity contribution < 1.29 is 18.0 Å². The van der Waals surface area contributed by atoms with Crippen molar-refractivity contribution in [1.82, 2.24) is 10.2 Å². The number of nitrogens with one attached hydrogen (secondary N) is 1. The molecule has 0 bridgehead atoms. The second kappa shape index (κ2) is 13.1. The first-order valence-electron chi connectivity index (χ1n) is 14.0. The molecule has 0 radical (unpaired) electrons. The Morgan fingerprint density at radius 1 is 0.927 bits per heavy atom. The van der Waals surface area contributed by atoms with Crippen LogP contribution in [0.1, 0.15) is 54.9 Å². The summed E-state index contributed by atoms with van der Waals surface area (Å²) >= 11 is 6.45. The average molecular weight is 596 g/mol. The molecule has 0 heterocycles. The zero-order valence-electron chi connectivity index (χ0n) is 24.1. The maximum atomic E-state index is 14.1. The first-order chi connectivity index (χ1) is 19.5. The smallest absolute Gasteiger partial charge is 0.264 e. The van der Waals surface area contributed by atoms with Gasteiger partial charge in [0.25, 0.3) is 10.0 Å². The van der Waals surface area contributed by atoms with Gasteiger partial charge in [0.1, 0.15) is 12.6 Å². The third-order valence-corrected chi connectivity index (χ3v) is 9.71. The Hall–Kier alpha value is -3.36. The normalized spacial score (nSPS) is 14.5. The number of nitrogens with zero attached hydrogens (tertiary/aromatic N) is 2. The van der Waals surface area contributed by atoms with Gasteiger partial charge in [0.05, 0.1) is 10.6 Å². The molecule has 1 atom stereocenters. The van der Waals surface area contributed by atoms with Gasteiger partial charge in [-0.05, 0) is 87.6 Å². The summed E-state index contributed by atoms with van der Waals surface area (Å²) in [5.41, 5.74) is 3.72. The highest BCUT2D eigenvalue weighted by Crippen LogP contribution is 2.27. The molecule has 1 saturated carbocycles. The van der Waals surface area contributed by atoms with E-state index in [0.717, 1.165) is 46.7 Å². The number of rotatable bonds is 10. The van der Waals surface area contributed by atoms with Crippen LogP contribution in [0.3, 0.4) is 0 Å². The Morgan fingerprint density at radius 3 is 2.15 bits per heavy atom. The van der Waals surface area contributed by atoms with Crippen LogP contribution in [0.4, 0.5) is 5.69 Å². The van der Waals surface area contributed by atoms with Gasteiger partial charge >= 0.3 is 0 Å². The minimum Gasteiger partial charge on any atom is -0.352 e. The van der Waals surface area contributed by atoms with E-state index in [1.807, 2.05) is 32.9 Å². The van der Waals surface area contributed by atoms with Crippen molar-refractivity contribution in [3.63, 3.8) is 0 Å². The maximum Gasteiger partial charge on any atom is 0.264 e. The number of sulfonamides is 1. The van der Waals surface area contributed by atoms with E-state index in [1.54, 1.807) is 61.5 Å². The lowest BCUT2D eigenvalue weighted by molar-refractivity contribution is -0.139.